The second kappa shape index (κ2) is 5.32. The van der Waals surface area contributed by atoms with Crippen LogP contribution in [-0.4, -0.2) is 6.18 Å². The van der Waals surface area contributed by atoms with Gasteiger partial charge in [-0.25, -0.2) is 4.39 Å². The second-order valence-corrected chi connectivity index (χ2v) is 3.79. The number of halogens is 4. The Morgan fingerprint density at radius 2 is 1.69 bits per heavy atom. The Bertz CT molecular complexity index is 313. The number of alkyl halides is 3. The lowest BCUT2D eigenvalue weighted by atomic mass is 9.93. The van der Waals surface area contributed by atoms with E-state index in [1.165, 1.54) is 12.1 Å². The molecule has 0 saturated carbocycles. The third-order valence-corrected chi connectivity index (χ3v) is 2.51. The van der Waals surface area contributed by atoms with Crippen LogP contribution in [0.4, 0.5) is 17.6 Å². The summed E-state index contributed by atoms with van der Waals surface area (Å²) in [5.74, 6) is -1.99. The lowest BCUT2D eigenvalue weighted by molar-refractivity contribution is -0.152. The predicted molar refractivity (Wildman–Crippen MR) is 54.7 cm³/mol. The number of unbranched alkanes of at least 4 members (excludes halogenated alkanes) is 1. The maximum absolute atomic E-state index is 12.7. The third-order valence-electron chi connectivity index (χ3n) is 2.51. The quantitative estimate of drug-likeness (QED) is 0.664. The average molecular weight is 234 g/mol. The molecule has 0 aliphatic heterocycles. The molecule has 0 aliphatic carbocycles. The van der Waals surface area contributed by atoms with Gasteiger partial charge in [0.25, 0.3) is 0 Å². The van der Waals surface area contributed by atoms with Crippen molar-refractivity contribution in [2.45, 2.75) is 38.3 Å². The highest BCUT2D eigenvalue weighted by atomic mass is 19.4. The van der Waals surface area contributed by atoms with Crippen molar-refractivity contribution in [3.63, 3.8) is 0 Å². The molecule has 1 atom stereocenters. The second-order valence-electron chi connectivity index (χ2n) is 3.79. The lowest BCUT2D eigenvalue weighted by Crippen LogP contribution is -2.20. The summed E-state index contributed by atoms with van der Waals surface area (Å²) in [5, 5.41) is 0. The molecular formula is C12H14F4. The zero-order chi connectivity index (χ0) is 12.2. The van der Waals surface area contributed by atoms with E-state index >= 15 is 0 Å². The fourth-order valence-corrected chi connectivity index (χ4v) is 1.62. The van der Waals surface area contributed by atoms with Crippen LogP contribution in [0.15, 0.2) is 24.3 Å². The molecule has 0 nitrogen and oxygen atoms in total. The van der Waals surface area contributed by atoms with Crippen LogP contribution < -0.4 is 0 Å². The van der Waals surface area contributed by atoms with Crippen LogP contribution in [0, 0.1) is 5.82 Å². The number of hydrogen-bond donors (Lipinski definition) is 0. The molecule has 0 heterocycles. The van der Waals surface area contributed by atoms with Crippen LogP contribution in [0.25, 0.3) is 0 Å². The van der Waals surface area contributed by atoms with Crippen molar-refractivity contribution in [2.24, 2.45) is 0 Å². The number of hydrogen-bond acceptors (Lipinski definition) is 0. The number of rotatable bonds is 4. The zero-order valence-electron chi connectivity index (χ0n) is 9.02. The maximum Gasteiger partial charge on any atom is 0.395 e. The molecule has 0 aromatic heterocycles. The molecule has 0 radical (unpaired) electrons. The van der Waals surface area contributed by atoms with Gasteiger partial charge in [0, 0.05) is 0 Å². The van der Waals surface area contributed by atoms with Gasteiger partial charge >= 0.3 is 6.18 Å². The Hall–Kier alpha value is -1.06. The van der Waals surface area contributed by atoms with Crippen molar-refractivity contribution >= 4 is 0 Å². The van der Waals surface area contributed by atoms with E-state index in [0.717, 1.165) is 12.1 Å². The summed E-state index contributed by atoms with van der Waals surface area (Å²) in [7, 11) is 0. The molecule has 16 heavy (non-hydrogen) atoms. The van der Waals surface area contributed by atoms with E-state index in [2.05, 4.69) is 0 Å². The van der Waals surface area contributed by atoms with E-state index in [-0.39, 0.29) is 12.0 Å². The summed E-state index contributed by atoms with van der Waals surface area (Å²) in [6.45, 7) is 1.85. The van der Waals surface area contributed by atoms with E-state index in [9.17, 15) is 17.6 Å². The fraction of sp³-hybridized carbons (Fsp3) is 0.500. The summed E-state index contributed by atoms with van der Waals surface area (Å²) >= 11 is 0. The predicted octanol–water partition coefficient (Wildman–Crippen LogP) is 4.66. The Morgan fingerprint density at radius 1 is 1.12 bits per heavy atom. The molecule has 0 unspecified atom stereocenters. The topological polar surface area (TPSA) is 0 Å². The van der Waals surface area contributed by atoms with Gasteiger partial charge in [0.2, 0.25) is 0 Å². The molecule has 0 N–H and O–H groups in total. The van der Waals surface area contributed by atoms with E-state index in [4.69, 9.17) is 0 Å². The first kappa shape index (κ1) is 13.0. The minimum absolute atomic E-state index is 0.0611. The molecule has 0 aliphatic rings. The van der Waals surface area contributed by atoms with Gasteiger partial charge in [0.15, 0.2) is 0 Å². The van der Waals surface area contributed by atoms with Crippen LogP contribution in [-0.2, 0) is 0 Å². The van der Waals surface area contributed by atoms with Crippen LogP contribution in [0.1, 0.15) is 37.7 Å². The van der Waals surface area contributed by atoms with Crippen LogP contribution in [0.3, 0.4) is 0 Å². The van der Waals surface area contributed by atoms with Crippen molar-refractivity contribution in [1.82, 2.24) is 0 Å². The van der Waals surface area contributed by atoms with E-state index in [0.29, 0.717) is 12.8 Å². The summed E-state index contributed by atoms with van der Waals surface area (Å²) in [6, 6.07) is 4.56. The van der Waals surface area contributed by atoms with Crippen molar-refractivity contribution in [3.05, 3.63) is 35.6 Å². The summed E-state index contributed by atoms with van der Waals surface area (Å²) in [4.78, 5) is 0. The summed E-state index contributed by atoms with van der Waals surface area (Å²) in [5.41, 5.74) is 0.141. The van der Waals surface area contributed by atoms with Crippen molar-refractivity contribution in [1.29, 1.82) is 0 Å². The monoisotopic (exact) mass is 234 g/mol. The van der Waals surface area contributed by atoms with Gasteiger partial charge in [-0.3, -0.25) is 0 Å². The fourth-order valence-electron chi connectivity index (χ4n) is 1.62. The minimum Gasteiger partial charge on any atom is -0.207 e. The molecule has 1 aromatic rings. The van der Waals surface area contributed by atoms with Crippen LogP contribution in [0.2, 0.25) is 0 Å². The maximum atomic E-state index is 12.7. The highest BCUT2D eigenvalue weighted by Crippen LogP contribution is 2.38. The normalized spacial score (nSPS) is 13.8. The Kier molecular flexibility index (Phi) is 4.33. The standard InChI is InChI=1S/C12H14F4/c1-2-3-4-11(12(14,15)16)9-5-7-10(13)8-6-9/h5-8,11H,2-4H2,1H3/t11-/m1/s1. The van der Waals surface area contributed by atoms with Gasteiger partial charge in [-0.1, -0.05) is 31.9 Å². The van der Waals surface area contributed by atoms with Gasteiger partial charge in [0.1, 0.15) is 5.82 Å². The highest BCUT2D eigenvalue weighted by molar-refractivity contribution is 5.21. The first-order chi connectivity index (χ1) is 7.45. The Balaban J connectivity index is 2.88. The van der Waals surface area contributed by atoms with Gasteiger partial charge in [-0.2, -0.15) is 13.2 Å². The van der Waals surface area contributed by atoms with Gasteiger partial charge < -0.3 is 0 Å². The molecule has 0 spiro atoms. The minimum atomic E-state index is -4.26. The molecule has 1 rings (SSSR count). The molecule has 0 amide bonds. The molecule has 90 valence electrons. The van der Waals surface area contributed by atoms with Crippen LogP contribution in [0.5, 0.6) is 0 Å². The van der Waals surface area contributed by atoms with Crippen molar-refractivity contribution < 1.29 is 17.6 Å². The molecule has 1 aromatic carbocycles. The van der Waals surface area contributed by atoms with E-state index < -0.39 is 17.9 Å². The molecule has 0 bridgehead atoms. The summed E-state index contributed by atoms with van der Waals surface area (Å²) < 4.78 is 50.8. The van der Waals surface area contributed by atoms with Gasteiger partial charge in [0.05, 0.1) is 5.92 Å². The number of benzene rings is 1. The Labute approximate surface area is 92.3 Å². The molecule has 0 fully saturated rings. The smallest absolute Gasteiger partial charge is 0.207 e. The van der Waals surface area contributed by atoms with Gasteiger partial charge in [-0.15, -0.1) is 0 Å². The third kappa shape index (κ3) is 3.51. The lowest BCUT2D eigenvalue weighted by Gasteiger charge is -2.20. The molecular weight excluding hydrogens is 220 g/mol. The van der Waals surface area contributed by atoms with Gasteiger partial charge in [-0.05, 0) is 24.1 Å². The largest absolute Gasteiger partial charge is 0.395 e. The van der Waals surface area contributed by atoms with E-state index in [1.807, 2.05) is 6.92 Å². The first-order valence-electron chi connectivity index (χ1n) is 5.27. The van der Waals surface area contributed by atoms with Crippen molar-refractivity contribution in [2.75, 3.05) is 0 Å². The first-order valence-corrected chi connectivity index (χ1v) is 5.27. The highest BCUT2D eigenvalue weighted by Gasteiger charge is 2.39. The average Bonchev–Trinajstić information content (AvgIpc) is 2.19. The van der Waals surface area contributed by atoms with Crippen LogP contribution >= 0.6 is 0 Å². The zero-order valence-corrected chi connectivity index (χ0v) is 9.02. The molecule has 4 heteroatoms. The van der Waals surface area contributed by atoms with Crippen molar-refractivity contribution in [3.8, 4) is 0 Å². The van der Waals surface area contributed by atoms with E-state index in [1.54, 1.807) is 0 Å². The summed E-state index contributed by atoms with van der Waals surface area (Å²) in [6.07, 6.45) is -2.96. The molecule has 0 saturated heterocycles. The SMILES string of the molecule is CCCC[C@H](c1ccc(F)cc1)C(F)(F)F. The Morgan fingerprint density at radius 3 is 2.12 bits per heavy atom.